The van der Waals surface area contributed by atoms with Gasteiger partial charge in [0.05, 0.1) is 6.54 Å². The van der Waals surface area contributed by atoms with E-state index < -0.39 is 0 Å². The van der Waals surface area contributed by atoms with Crippen LogP contribution in [0.15, 0.2) is 24.3 Å². The van der Waals surface area contributed by atoms with Gasteiger partial charge in [0.25, 0.3) is 5.91 Å². The lowest BCUT2D eigenvalue weighted by atomic mass is 10.1. The number of likely N-dealkylation sites (tertiary alicyclic amines) is 1. The number of aromatic nitrogens is 2. The number of nitrogens with zero attached hydrogens (tertiary/aromatic N) is 3. The topological polar surface area (TPSA) is 67.3 Å². The number of carbonyl (C=O) groups excluding carboxylic acids is 1. The van der Waals surface area contributed by atoms with Gasteiger partial charge in [0.15, 0.2) is 6.61 Å². The average molecular weight is 367 g/mol. The molecule has 8 heteroatoms. The van der Waals surface area contributed by atoms with Gasteiger partial charge in [-0.05, 0) is 50.2 Å². The molecule has 1 amide bonds. The molecular weight excluding hydrogens is 348 g/mol. The highest BCUT2D eigenvalue weighted by molar-refractivity contribution is 7.15. The molecule has 128 valence electrons. The van der Waals surface area contributed by atoms with Crippen molar-refractivity contribution >= 4 is 34.0 Å². The molecule has 6 nitrogen and oxygen atoms in total. The summed E-state index contributed by atoms with van der Waals surface area (Å²) >= 11 is 7.21. The lowest BCUT2D eigenvalue weighted by Gasteiger charge is -2.24. The molecule has 0 saturated carbocycles. The summed E-state index contributed by atoms with van der Waals surface area (Å²) in [6.45, 7) is 2.93. The Morgan fingerprint density at radius 3 is 2.71 bits per heavy atom. The maximum atomic E-state index is 11.9. The zero-order chi connectivity index (χ0) is 16.8. The lowest BCUT2D eigenvalue weighted by Crippen LogP contribution is -2.28. The molecule has 1 N–H and O–H groups in total. The van der Waals surface area contributed by atoms with E-state index in [1.165, 1.54) is 30.6 Å². The number of ether oxygens (including phenoxy) is 1. The normalized spacial score (nSPS) is 15.2. The van der Waals surface area contributed by atoms with Crippen LogP contribution in [-0.2, 0) is 11.3 Å². The first-order valence-electron chi connectivity index (χ1n) is 7.92. The van der Waals surface area contributed by atoms with Crippen LogP contribution in [0.4, 0.5) is 5.13 Å². The van der Waals surface area contributed by atoms with Gasteiger partial charge in [0, 0.05) is 5.02 Å². The second kappa shape index (κ2) is 8.41. The number of hydrogen-bond acceptors (Lipinski definition) is 6. The smallest absolute Gasteiger partial charge is 0.264 e. The Hall–Kier alpha value is -1.70. The van der Waals surface area contributed by atoms with E-state index in [-0.39, 0.29) is 12.5 Å². The first-order chi connectivity index (χ1) is 11.7. The number of nitrogens with one attached hydrogen (secondary N) is 1. The number of hydrogen-bond donors (Lipinski definition) is 1. The molecule has 0 unspecified atom stereocenters. The molecule has 1 aromatic carbocycles. The van der Waals surface area contributed by atoms with Crippen molar-refractivity contribution in [1.82, 2.24) is 15.1 Å². The first-order valence-corrected chi connectivity index (χ1v) is 9.11. The van der Waals surface area contributed by atoms with Crippen LogP contribution >= 0.6 is 22.9 Å². The number of piperidine rings is 1. The molecule has 0 spiro atoms. The van der Waals surface area contributed by atoms with E-state index in [1.54, 1.807) is 24.3 Å². The quantitative estimate of drug-likeness (QED) is 0.850. The predicted molar refractivity (Wildman–Crippen MR) is 94.6 cm³/mol. The molecule has 0 radical (unpaired) electrons. The maximum Gasteiger partial charge on any atom is 0.264 e. The fourth-order valence-corrected chi connectivity index (χ4v) is 3.44. The molecule has 24 heavy (non-hydrogen) atoms. The molecular formula is C16H19ClN4O2S. The number of carbonyl (C=O) groups is 1. The summed E-state index contributed by atoms with van der Waals surface area (Å²) in [5.41, 5.74) is 0. The summed E-state index contributed by atoms with van der Waals surface area (Å²) in [6, 6.07) is 6.87. The Morgan fingerprint density at radius 2 is 1.96 bits per heavy atom. The summed E-state index contributed by atoms with van der Waals surface area (Å²) in [5, 5.41) is 12.9. The van der Waals surface area contributed by atoms with Crippen LogP contribution in [0.3, 0.4) is 0 Å². The third-order valence-corrected chi connectivity index (χ3v) is 4.78. The van der Waals surface area contributed by atoms with Gasteiger partial charge >= 0.3 is 0 Å². The minimum atomic E-state index is -0.259. The second-order valence-corrected chi connectivity index (χ2v) is 7.13. The van der Waals surface area contributed by atoms with Gasteiger partial charge in [-0.3, -0.25) is 15.0 Å². The van der Waals surface area contributed by atoms with E-state index in [4.69, 9.17) is 16.3 Å². The van der Waals surface area contributed by atoms with Crippen molar-refractivity contribution in [1.29, 1.82) is 0 Å². The lowest BCUT2D eigenvalue weighted by molar-refractivity contribution is -0.118. The van der Waals surface area contributed by atoms with Gasteiger partial charge in [0.2, 0.25) is 5.13 Å². The number of benzene rings is 1. The number of rotatable bonds is 6. The molecule has 0 bridgehead atoms. The van der Waals surface area contributed by atoms with Crippen molar-refractivity contribution < 1.29 is 9.53 Å². The SMILES string of the molecule is O=C(COc1ccc(Cl)cc1)Nc1nnc(CN2CCCCC2)s1. The van der Waals surface area contributed by atoms with Crippen LogP contribution in [0.1, 0.15) is 24.3 Å². The predicted octanol–water partition coefficient (Wildman–Crippen LogP) is 3.19. The third-order valence-electron chi connectivity index (χ3n) is 3.70. The minimum absolute atomic E-state index is 0.0807. The van der Waals surface area contributed by atoms with Crippen molar-refractivity contribution in [2.45, 2.75) is 25.8 Å². The van der Waals surface area contributed by atoms with Crippen molar-refractivity contribution in [2.24, 2.45) is 0 Å². The summed E-state index contributed by atoms with van der Waals surface area (Å²) in [7, 11) is 0. The van der Waals surface area contributed by atoms with Crippen molar-refractivity contribution in [3.05, 3.63) is 34.3 Å². The van der Waals surface area contributed by atoms with Crippen LogP contribution < -0.4 is 10.1 Å². The summed E-state index contributed by atoms with van der Waals surface area (Å²) in [5.74, 6) is 0.336. The monoisotopic (exact) mass is 366 g/mol. The van der Waals surface area contributed by atoms with Gasteiger partial charge < -0.3 is 4.74 Å². The van der Waals surface area contributed by atoms with Gasteiger partial charge in [-0.15, -0.1) is 10.2 Å². The van der Waals surface area contributed by atoms with E-state index in [9.17, 15) is 4.79 Å². The van der Waals surface area contributed by atoms with E-state index in [0.29, 0.717) is 15.9 Å². The van der Waals surface area contributed by atoms with Gasteiger partial charge in [0.1, 0.15) is 10.8 Å². The van der Waals surface area contributed by atoms with Crippen molar-refractivity contribution in [3.63, 3.8) is 0 Å². The van der Waals surface area contributed by atoms with E-state index in [0.717, 1.165) is 24.6 Å². The molecule has 0 aliphatic carbocycles. The summed E-state index contributed by atoms with van der Waals surface area (Å²) in [6.07, 6.45) is 3.79. The molecule has 2 aromatic rings. The Morgan fingerprint density at radius 1 is 1.21 bits per heavy atom. The van der Waals surface area contributed by atoms with Crippen LogP contribution in [0.5, 0.6) is 5.75 Å². The van der Waals surface area contributed by atoms with Crippen LogP contribution in [0.2, 0.25) is 5.02 Å². The molecule has 1 saturated heterocycles. The largest absolute Gasteiger partial charge is 0.484 e. The van der Waals surface area contributed by atoms with E-state index in [2.05, 4.69) is 20.4 Å². The maximum absolute atomic E-state index is 11.9. The number of amides is 1. The van der Waals surface area contributed by atoms with Crippen molar-refractivity contribution in [2.75, 3.05) is 25.0 Å². The van der Waals surface area contributed by atoms with Gasteiger partial charge in [-0.2, -0.15) is 0 Å². The van der Waals surface area contributed by atoms with Crippen LogP contribution in [0.25, 0.3) is 0 Å². The molecule has 1 aliphatic heterocycles. The highest BCUT2D eigenvalue weighted by Crippen LogP contribution is 2.19. The highest BCUT2D eigenvalue weighted by Gasteiger charge is 2.14. The molecule has 1 fully saturated rings. The summed E-state index contributed by atoms with van der Waals surface area (Å²) < 4.78 is 5.40. The van der Waals surface area contributed by atoms with E-state index >= 15 is 0 Å². The van der Waals surface area contributed by atoms with Crippen LogP contribution in [-0.4, -0.2) is 40.7 Å². The first kappa shape index (κ1) is 17.1. The zero-order valence-electron chi connectivity index (χ0n) is 13.2. The minimum Gasteiger partial charge on any atom is -0.484 e. The molecule has 3 rings (SSSR count). The molecule has 1 aromatic heterocycles. The van der Waals surface area contributed by atoms with E-state index in [1.807, 2.05) is 0 Å². The zero-order valence-corrected chi connectivity index (χ0v) is 14.8. The molecule has 1 aliphatic rings. The Labute approximate surface area is 149 Å². The van der Waals surface area contributed by atoms with Crippen LogP contribution in [0, 0.1) is 0 Å². The third kappa shape index (κ3) is 5.15. The van der Waals surface area contributed by atoms with Gasteiger partial charge in [-0.1, -0.05) is 29.4 Å². The Balaban J connectivity index is 1.45. The number of anilines is 1. The standard InChI is InChI=1S/C16H19ClN4O2S/c17-12-4-6-13(7-5-12)23-11-14(22)18-16-20-19-15(24-16)10-21-8-2-1-3-9-21/h4-7H,1-3,8-11H2,(H,18,20,22). The second-order valence-electron chi connectivity index (χ2n) is 5.63. The Bertz CT molecular complexity index is 671. The molecule has 0 atom stereocenters. The van der Waals surface area contributed by atoms with Gasteiger partial charge in [-0.25, -0.2) is 0 Å². The van der Waals surface area contributed by atoms with Crippen molar-refractivity contribution in [3.8, 4) is 5.75 Å². The fourth-order valence-electron chi connectivity index (χ4n) is 2.51. The fraction of sp³-hybridized carbons (Fsp3) is 0.438. The summed E-state index contributed by atoms with van der Waals surface area (Å²) in [4.78, 5) is 14.3. The number of halogens is 1. The highest BCUT2D eigenvalue weighted by atomic mass is 35.5. The average Bonchev–Trinajstić information content (AvgIpc) is 3.02. The molecule has 2 heterocycles. The Kier molecular flexibility index (Phi) is 6.01.